The van der Waals surface area contributed by atoms with Gasteiger partial charge >= 0.3 is 5.97 Å². The number of benzene rings is 1. The summed E-state index contributed by atoms with van der Waals surface area (Å²) in [6.45, 7) is 2.08. The Morgan fingerprint density at radius 3 is 2.68 bits per heavy atom. The van der Waals surface area contributed by atoms with E-state index in [9.17, 15) is 9.18 Å². The van der Waals surface area contributed by atoms with Crippen molar-refractivity contribution in [3.8, 4) is 0 Å². The monoisotopic (exact) mass is 284 g/mol. The molecule has 0 radical (unpaired) electrons. The van der Waals surface area contributed by atoms with Gasteiger partial charge in [0.25, 0.3) is 0 Å². The maximum atomic E-state index is 13.9. The minimum absolute atomic E-state index is 0.149. The summed E-state index contributed by atoms with van der Waals surface area (Å²) in [4.78, 5) is 13.1. The van der Waals surface area contributed by atoms with E-state index in [4.69, 9.17) is 18.0 Å². The van der Waals surface area contributed by atoms with Gasteiger partial charge in [0.2, 0.25) is 0 Å². The molecule has 0 saturated heterocycles. The Bertz CT molecular complexity index is 494. The molecule has 0 saturated carbocycles. The topological polar surface area (TPSA) is 55.6 Å². The van der Waals surface area contributed by atoms with E-state index in [2.05, 4.69) is 4.74 Å². The first-order valence-corrected chi connectivity index (χ1v) is 6.16. The Kier molecular flexibility index (Phi) is 5.23. The molecule has 19 heavy (non-hydrogen) atoms. The Balaban J connectivity index is 2.85. The van der Waals surface area contributed by atoms with Gasteiger partial charge in [-0.3, -0.25) is 4.79 Å². The fourth-order valence-electron chi connectivity index (χ4n) is 1.75. The first kappa shape index (κ1) is 15.4. The van der Waals surface area contributed by atoms with Crippen molar-refractivity contribution in [3.05, 3.63) is 29.6 Å². The number of nitrogens with zero attached hydrogens (tertiary/aromatic N) is 1. The predicted molar refractivity (Wildman–Crippen MR) is 76.7 cm³/mol. The number of rotatable bonds is 5. The maximum absolute atomic E-state index is 13.9. The molecule has 0 bridgehead atoms. The number of anilines is 1. The highest BCUT2D eigenvalue weighted by molar-refractivity contribution is 7.80. The van der Waals surface area contributed by atoms with Gasteiger partial charge in [-0.05, 0) is 18.2 Å². The van der Waals surface area contributed by atoms with Crippen LogP contribution in [0, 0.1) is 11.7 Å². The van der Waals surface area contributed by atoms with Crippen molar-refractivity contribution >= 4 is 28.9 Å². The third-order valence-electron chi connectivity index (χ3n) is 2.79. The average molecular weight is 284 g/mol. The van der Waals surface area contributed by atoms with E-state index >= 15 is 0 Å². The molecule has 0 fully saturated rings. The van der Waals surface area contributed by atoms with Crippen LogP contribution in [0.4, 0.5) is 10.1 Å². The van der Waals surface area contributed by atoms with Crippen LogP contribution in [-0.4, -0.2) is 31.7 Å². The number of carbonyl (C=O) groups is 1. The highest BCUT2D eigenvalue weighted by atomic mass is 32.1. The first-order chi connectivity index (χ1) is 8.86. The molecule has 0 aliphatic rings. The molecule has 104 valence electrons. The lowest BCUT2D eigenvalue weighted by Gasteiger charge is -2.23. The number of esters is 1. The van der Waals surface area contributed by atoms with E-state index < -0.39 is 5.82 Å². The van der Waals surface area contributed by atoms with Crippen molar-refractivity contribution in [1.82, 2.24) is 0 Å². The van der Waals surface area contributed by atoms with Crippen LogP contribution in [0.5, 0.6) is 0 Å². The molecular formula is C13H17FN2O2S. The molecular weight excluding hydrogens is 267 g/mol. The minimum Gasteiger partial charge on any atom is -0.469 e. The van der Waals surface area contributed by atoms with Gasteiger partial charge in [0.05, 0.1) is 18.7 Å². The van der Waals surface area contributed by atoms with Gasteiger partial charge in [0, 0.05) is 19.2 Å². The quantitative estimate of drug-likeness (QED) is 0.659. The second-order valence-corrected chi connectivity index (χ2v) is 4.77. The Hall–Kier alpha value is -1.69. The third kappa shape index (κ3) is 3.89. The molecule has 0 amide bonds. The number of hydrogen-bond donors (Lipinski definition) is 1. The number of halogens is 1. The summed E-state index contributed by atoms with van der Waals surface area (Å²) in [6, 6.07) is 4.53. The molecule has 0 aromatic heterocycles. The summed E-state index contributed by atoms with van der Waals surface area (Å²) in [5.74, 6) is -1.10. The molecule has 0 aliphatic carbocycles. The number of thiocarbonyl (C=S) groups is 1. The number of carbonyl (C=O) groups excluding carboxylic acids is 1. The van der Waals surface area contributed by atoms with Gasteiger partial charge in [0.15, 0.2) is 0 Å². The van der Waals surface area contributed by atoms with E-state index in [-0.39, 0.29) is 16.9 Å². The van der Waals surface area contributed by atoms with Crippen LogP contribution in [0.1, 0.15) is 12.5 Å². The number of nitrogens with two attached hydrogens (primary N) is 1. The SMILES string of the molecule is COC(=O)C(C)CN(C)c1ccc(C(N)=S)cc1F. The summed E-state index contributed by atoms with van der Waals surface area (Å²) in [5, 5.41) is 0. The molecule has 1 unspecified atom stereocenters. The summed E-state index contributed by atoms with van der Waals surface area (Å²) >= 11 is 4.79. The van der Waals surface area contributed by atoms with Crippen LogP contribution in [0.3, 0.4) is 0 Å². The lowest BCUT2D eigenvalue weighted by atomic mass is 10.1. The highest BCUT2D eigenvalue weighted by Crippen LogP contribution is 2.20. The van der Waals surface area contributed by atoms with Crippen molar-refractivity contribution in [2.75, 3.05) is 25.6 Å². The largest absolute Gasteiger partial charge is 0.469 e. The Morgan fingerprint density at radius 2 is 2.21 bits per heavy atom. The number of methoxy groups -OCH3 is 1. The van der Waals surface area contributed by atoms with Gasteiger partial charge in [-0.1, -0.05) is 19.1 Å². The van der Waals surface area contributed by atoms with Gasteiger partial charge in [-0.2, -0.15) is 0 Å². The second-order valence-electron chi connectivity index (χ2n) is 4.34. The highest BCUT2D eigenvalue weighted by Gasteiger charge is 2.17. The third-order valence-corrected chi connectivity index (χ3v) is 3.03. The van der Waals surface area contributed by atoms with E-state index in [0.717, 1.165) is 0 Å². The summed E-state index contributed by atoms with van der Waals surface area (Å²) < 4.78 is 18.6. The van der Waals surface area contributed by atoms with Crippen LogP contribution >= 0.6 is 12.2 Å². The molecule has 1 aromatic carbocycles. The van der Waals surface area contributed by atoms with Crippen LogP contribution in [0.15, 0.2) is 18.2 Å². The molecule has 0 spiro atoms. The Labute approximate surface area is 117 Å². The fourth-order valence-corrected chi connectivity index (χ4v) is 1.88. The lowest BCUT2D eigenvalue weighted by Crippen LogP contribution is -2.29. The lowest BCUT2D eigenvalue weighted by molar-refractivity contribution is -0.144. The van der Waals surface area contributed by atoms with Gasteiger partial charge in [-0.15, -0.1) is 0 Å². The predicted octanol–water partition coefficient (Wildman–Crippen LogP) is 1.71. The van der Waals surface area contributed by atoms with Crippen LogP contribution in [0.25, 0.3) is 0 Å². The van der Waals surface area contributed by atoms with Crippen LogP contribution in [0.2, 0.25) is 0 Å². The summed E-state index contributed by atoms with van der Waals surface area (Å²) in [5.41, 5.74) is 6.30. The normalized spacial score (nSPS) is 11.8. The molecule has 1 aromatic rings. The number of hydrogen-bond acceptors (Lipinski definition) is 4. The standard InChI is InChI=1S/C13H17FN2O2S/c1-8(13(17)18-3)7-16(2)11-5-4-9(12(15)19)6-10(11)14/h4-6,8H,7H2,1-3H3,(H2,15,19). The molecule has 4 nitrogen and oxygen atoms in total. The number of ether oxygens (including phenoxy) is 1. The van der Waals surface area contributed by atoms with Crippen LogP contribution in [-0.2, 0) is 9.53 Å². The smallest absolute Gasteiger partial charge is 0.310 e. The molecule has 2 N–H and O–H groups in total. The van der Waals surface area contributed by atoms with Crippen molar-refractivity contribution in [1.29, 1.82) is 0 Å². The maximum Gasteiger partial charge on any atom is 0.310 e. The summed E-state index contributed by atoms with van der Waals surface area (Å²) in [7, 11) is 3.04. The molecule has 0 heterocycles. The Morgan fingerprint density at radius 1 is 1.58 bits per heavy atom. The van der Waals surface area contributed by atoms with E-state index in [1.807, 2.05) is 0 Å². The van der Waals surface area contributed by atoms with Crippen molar-refractivity contribution in [2.45, 2.75) is 6.92 Å². The van der Waals surface area contributed by atoms with E-state index in [0.29, 0.717) is 17.8 Å². The first-order valence-electron chi connectivity index (χ1n) is 5.75. The fraction of sp³-hybridized carbons (Fsp3) is 0.385. The molecule has 6 heteroatoms. The summed E-state index contributed by atoms with van der Waals surface area (Å²) in [6.07, 6.45) is 0. The van der Waals surface area contributed by atoms with Gasteiger partial charge < -0.3 is 15.4 Å². The van der Waals surface area contributed by atoms with E-state index in [1.54, 1.807) is 31.0 Å². The minimum atomic E-state index is -0.426. The molecule has 1 rings (SSSR count). The van der Waals surface area contributed by atoms with Gasteiger partial charge in [0.1, 0.15) is 10.8 Å². The van der Waals surface area contributed by atoms with Crippen molar-refractivity contribution in [3.63, 3.8) is 0 Å². The van der Waals surface area contributed by atoms with Crippen molar-refractivity contribution < 1.29 is 13.9 Å². The van der Waals surface area contributed by atoms with Gasteiger partial charge in [-0.25, -0.2) is 4.39 Å². The van der Waals surface area contributed by atoms with Crippen molar-refractivity contribution in [2.24, 2.45) is 11.7 Å². The second kappa shape index (κ2) is 6.47. The molecule has 1 atom stereocenters. The van der Waals surface area contributed by atoms with Crippen LogP contribution < -0.4 is 10.6 Å². The zero-order valence-electron chi connectivity index (χ0n) is 11.1. The zero-order valence-corrected chi connectivity index (χ0v) is 12.0. The molecule has 0 aliphatic heterocycles. The average Bonchev–Trinajstić information content (AvgIpc) is 2.37. The van der Waals surface area contributed by atoms with E-state index in [1.165, 1.54) is 13.2 Å². The zero-order chi connectivity index (χ0) is 14.6.